The second kappa shape index (κ2) is 17.7. The highest BCUT2D eigenvalue weighted by molar-refractivity contribution is 5.96. The molecule has 0 rings (SSSR count). The van der Waals surface area contributed by atoms with Crippen LogP contribution in [0.25, 0.3) is 0 Å². The molecule has 0 radical (unpaired) electrons. The van der Waals surface area contributed by atoms with E-state index < -0.39 is 84.1 Å². The van der Waals surface area contributed by atoms with Gasteiger partial charge >= 0.3 is 11.9 Å². The third-order valence-corrected chi connectivity index (χ3v) is 5.51. The number of aliphatic carboxylic acids is 2. The minimum atomic E-state index is -1.40. The monoisotopic (exact) mass is 559 g/mol. The highest BCUT2D eigenvalue weighted by Gasteiger charge is 2.30. The van der Waals surface area contributed by atoms with Crippen LogP contribution in [-0.4, -0.2) is 94.5 Å². The number of carboxylic acid groups (broad SMARTS) is 2. The number of hydrogen-bond donors (Lipinski definition) is 9. The molecule has 16 nitrogen and oxygen atoms in total. The van der Waals surface area contributed by atoms with E-state index in [1.807, 2.05) is 0 Å². The first-order chi connectivity index (χ1) is 18.1. The molecule has 0 unspecified atom stereocenters. The van der Waals surface area contributed by atoms with Crippen LogP contribution in [0.1, 0.15) is 59.8 Å². The van der Waals surface area contributed by atoms with Gasteiger partial charge < -0.3 is 48.3 Å². The average Bonchev–Trinajstić information content (AvgIpc) is 2.84. The highest BCUT2D eigenvalue weighted by Crippen LogP contribution is 2.06. The molecule has 0 spiro atoms. The predicted octanol–water partition coefficient (Wildman–Crippen LogP) is -3.10. The third kappa shape index (κ3) is 14.1. The van der Waals surface area contributed by atoms with Gasteiger partial charge in [0, 0.05) is 6.42 Å². The molecule has 11 N–H and O–H groups in total. The number of carbonyl (C=O) groups excluding carboxylic acids is 5. The summed E-state index contributed by atoms with van der Waals surface area (Å²) < 4.78 is 0. The van der Waals surface area contributed by atoms with Crippen molar-refractivity contribution in [3.63, 3.8) is 0 Å². The van der Waals surface area contributed by atoms with Crippen molar-refractivity contribution >= 4 is 41.5 Å². The first-order valence-electron chi connectivity index (χ1n) is 12.5. The second-order valence-corrected chi connectivity index (χ2v) is 9.16. The first kappa shape index (κ1) is 35.2. The van der Waals surface area contributed by atoms with Gasteiger partial charge in [-0.05, 0) is 59.9 Å². The lowest BCUT2D eigenvalue weighted by atomic mass is 10.1. The fourth-order valence-corrected chi connectivity index (χ4v) is 3.06. The summed E-state index contributed by atoms with van der Waals surface area (Å²) in [4.78, 5) is 84.6. The molecule has 0 bridgehead atoms. The van der Waals surface area contributed by atoms with E-state index in [0.29, 0.717) is 19.4 Å². The Kier molecular flexibility index (Phi) is 16.0. The molecule has 0 aromatic carbocycles. The molecule has 0 saturated heterocycles. The molecule has 0 heterocycles. The Morgan fingerprint density at radius 3 is 1.54 bits per heavy atom. The Bertz CT molecular complexity index is 897. The van der Waals surface area contributed by atoms with Gasteiger partial charge in [-0.15, -0.1) is 0 Å². The molecule has 39 heavy (non-hydrogen) atoms. The Morgan fingerprint density at radius 2 is 1.05 bits per heavy atom. The lowest BCUT2D eigenvalue weighted by Gasteiger charge is -2.25. The quantitative estimate of drug-likeness (QED) is 0.0758. The molecule has 0 aromatic rings. The standard InChI is InChI=1S/C23H41N7O9/c1-11(25)18(33)26-13(3)20(35)29-15(7-5-6-10-24)22(37)30-16(8-9-17(31)32)21(36)27-12(2)19(34)28-14(4)23(38)39/h11-16H,5-10,24-25H2,1-4H3,(H,26,33)(H,27,36)(H,28,34)(H,29,35)(H,30,37)(H,31,32)(H,38,39)/t11-,12-,13-,14-,15-,16-/m0/s1. The van der Waals surface area contributed by atoms with E-state index in [4.69, 9.17) is 21.7 Å². The number of nitrogens with one attached hydrogen (secondary N) is 5. The average molecular weight is 560 g/mol. The van der Waals surface area contributed by atoms with Crippen LogP contribution in [0.5, 0.6) is 0 Å². The van der Waals surface area contributed by atoms with Crippen molar-refractivity contribution in [1.82, 2.24) is 26.6 Å². The maximum absolute atomic E-state index is 13.1. The van der Waals surface area contributed by atoms with Crippen molar-refractivity contribution < 1.29 is 43.8 Å². The smallest absolute Gasteiger partial charge is 0.325 e. The zero-order valence-electron chi connectivity index (χ0n) is 22.6. The van der Waals surface area contributed by atoms with E-state index in [2.05, 4.69) is 26.6 Å². The number of hydrogen-bond acceptors (Lipinski definition) is 9. The van der Waals surface area contributed by atoms with Crippen LogP contribution in [0.4, 0.5) is 0 Å². The van der Waals surface area contributed by atoms with E-state index in [1.54, 1.807) is 0 Å². The van der Waals surface area contributed by atoms with E-state index in [0.717, 1.165) is 0 Å². The van der Waals surface area contributed by atoms with Gasteiger partial charge in [0.05, 0.1) is 6.04 Å². The Balaban J connectivity index is 5.59. The Labute approximate surface area is 226 Å². The van der Waals surface area contributed by atoms with Gasteiger partial charge in [-0.3, -0.25) is 33.6 Å². The summed E-state index contributed by atoms with van der Waals surface area (Å²) >= 11 is 0. The van der Waals surface area contributed by atoms with Crippen molar-refractivity contribution in [2.45, 2.75) is 96.1 Å². The van der Waals surface area contributed by atoms with Crippen molar-refractivity contribution in [2.24, 2.45) is 11.5 Å². The molecule has 0 aliphatic heterocycles. The van der Waals surface area contributed by atoms with Crippen molar-refractivity contribution in [3.8, 4) is 0 Å². The van der Waals surface area contributed by atoms with Gasteiger partial charge in [-0.25, -0.2) is 0 Å². The summed E-state index contributed by atoms with van der Waals surface area (Å²) in [6.45, 7) is 5.67. The maximum Gasteiger partial charge on any atom is 0.325 e. The molecule has 222 valence electrons. The molecule has 0 aliphatic rings. The minimum absolute atomic E-state index is 0.127. The summed E-state index contributed by atoms with van der Waals surface area (Å²) in [6, 6.07) is -6.89. The zero-order chi connectivity index (χ0) is 30.3. The lowest BCUT2D eigenvalue weighted by Crippen LogP contribution is -2.58. The number of nitrogens with two attached hydrogens (primary N) is 2. The topological polar surface area (TPSA) is 272 Å². The SMILES string of the molecule is C[C@H](N)C(=O)N[C@@H](C)C(=O)N[C@@H](CCCCN)C(=O)N[C@@H](CCC(=O)O)C(=O)N[C@@H](C)C(=O)N[C@@H](C)C(=O)O. The van der Waals surface area contributed by atoms with Gasteiger partial charge in [0.15, 0.2) is 0 Å². The van der Waals surface area contributed by atoms with Crippen LogP contribution in [-0.2, 0) is 33.6 Å². The molecular weight excluding hydrogens is 518 g/mol. The number of rotatable bonds is 18. The van der Waals surface area contributed by atoms with Crippen molar-refractivity contribution in [1.29, 1.82) is 0 Å². The summed E-state index contributed by atoms with van der Waals surface area (Å²) in [5, 5.41) is 29.8. The molecule has 6 atom stereocenters. The van der Waals surface area contributed by atoms with Crippen LogP contribution in [0.3, 0.4) is 0 Å². The number of carboxylic acids is 2. The molecule has 0 fully saturated rings. The highest BCUT2D eigenvalue weighted by atomic mass is 16.4. The van der Waals surface area contributed by atoms with Crippen LogP contribution in [0.2, 0.25) is 0 Å². The van der Waals surface area contributed by atoms with E-state index >= 15 is 0 Å². The number of carbonyl (C=O) groups is 7. The van der Waals surface area contributed by atoms with E-state index in [-0.39, 0.29) is 12.8 Å². The largest absolute Gasteiger partial charge is 0.481 e. The molecule has 5 amide bonds. The van der Waals surface area contributed by atoms with E-state index in [9.17, 15) is 33.6 Å². The second-order valence-electron chi connectivity index (χ2n) is 9.16. The van der Waals surface area contributed by atoms with Gasteiger partial charge in [0.1, 0.15) is 30.2 Å². The Morgan fingerprint density at radius 1 is 0.615 bits per heavy atom. The fourth-order valence-electron chi connectivity index (χ4n) is 3.06. The first-order valence-corrected chi connectivity index (χ1v) is 12.5. The number of unbranched alkanes of at least 4 members (excludes halogenated alkanes) is 1. The van der Waals surface area contributed by atoms with E-state index in [1.165, 1.54) is 27.7 Å². The van der Waals surface area contributed by atoms with Crippen molar-refractivity contribution in [2.75, 3.05) is 6.54 Å². The molecule has 0 aromatic heterocycles. The normalized spacial score (nSPS) is 15.3. The Hall–Kier alpha value is -3.79. The van der Waals surface area contributed by atoms with Crippen LogP contribution >= 0.6 is 0 Å². The molecule has 0 aliphatic carbocycles. The third-order valence-electron chi connectivity index (χ3n) is 5.51. The molecular formula is C23H41N7O9. The lowest BCUT2D eigenvalue weighted by molar-refractivity contribution is -0.141. The summed E-state index contributed by atoms with van der Waals surface area (Å²) in [5.74, 6) is -6.30. The van der Waals surface area contributed by atoms with Gasteiger partial charge in [-0.1, -0.05) is 0 Å². The number of amides is 5. The van der Waals surface area contributed by atoms with Crippen LogP contribution in [0, 0.1) is 0 Å². The van der Waals surface area contributed by atoms with Crippen LogP contribution < -0.4 is 38.1 Å². The zero-order valence-corrected chi connectivity index (χ0v) is 22.6. The predicted molar refractivity (Wildman–Crippen MR) is 138 cm³/mol. The van der Waals surface area contributed by atoms with Gasteiger partial charge in [-0.2, -0.15) is 0 Å². The summed E-state index contributed by atoms with van der Waals surface area (Å²) in [7, 11) is 0. The van der Waals surface area contributed by atoms with Gasteiger partial charge in [0.25, 0.3) is 0 Å². The summed E-state index contributed by atoms with van der Waals surface area (Å²) in [6.07, 6.45) is 0.250. The minimum Gasteiger partial charge on any atom is -0.481 e. The maximum atomic E-state index is 13.1. The van der Waals surface area contributed by atoms with Crippen molar-refractivity contribution in [3.05, 3.63) is 0 Å². The summed E-state index contributed by atoms with van der Waals surface area (Å²) in [5.41, 5.74) is 11.0. The molecule has 16 heteroatoms. The molecule has 0 saturated carbocycles. The van der Waals surface area contributed by atoms with Crippen LogP contribution in [0.15, 0.2) is 0 Å². The van der Waals surface area contributed by atoms with Gasteiger partial charge in [0.2, 0.25) is 29.5 Å². The fraction of sp³-hybridized carbons (Fsp3) is 0.696.